The molecule has 114 valence electrons. The van der Waals surface area contributed by atoms with Gasteiger partial charge in [0.2, 0.25) is 0 Å². The number of Topliss-reactive ketones (excluding diaryl/α,β-unsaturated/α-hetero) is 2. The monoisotopic (exact) mass is 294 g/mol. The zero-order valence-corrected chi connectivity index (χ0v) is 13.6. The number of hydrogen-bond donors (Lipinski definition) is 0. The van der Waals surface area contributed by atoms with Crippen LogP contribution in [-0.2, 0) is 0 Å². The van der Waals surface area contributed by atoms with Crippen LogP contribution < -0.4 is 0 Å². The minimum Gasteiger partial charge on any atom is -0.295 e. The normalized spacial score (nSPS) is 13.5. The van der Waals surface area contributed by atoms with Gasteiger partial charge in [-0.3, -0.25) is 9.59 Å². The summed E-state index contributed by atoms with van der Waals surface area (Å²) in [5.74, 6) is 0.854. The summed E-state index contributed by atoms with van der Waals surface area (Å²) in [6, 6.07) is 15.7. The topological polar surface area (TPSA) is 34.1 Å². The van der Waals surface area contributed by atoms with Crippen molar-refractivity contribution in [3.63, 3.8) is 0 Å². The highest BCUT2D eigenvalue weighted by Gasteiger charge is 2.16. The van der Waals surface area contributed by atoms with Crippen LogP contribution in [-0.4, -0.2) is 11.6 Å². The number of carbonyl (C=O) groups excluding carboxylic acids is 2. The van der Waals surface area contributed by atoms with E-state index in [9.17, 15) is 9.59 Å². The highest BCUT2D eigenvalue weighted by Crippen LogP contribution is 2.32. The lowest BCUT2D eigenvalue weighted by atomic mass is 9.83. The van der Waals surface area contributed by atoms with E-state index in [1.807, 2.05) is 48.5 Å². The van der Waals surface area contributed by atoms with E-state index in [2.05, 4.69) is 13.8 Å². The van der Waals surface area contributed by atoms with E-state index in [-0.39, 0.29) is 11.6 Å². The molecule has 0 heterocycles. The molecule has 0 N–H and O–H groups in total. The lowest BCUT2D eigenvalue weighted by molar-refractivity contribution is 0.100. The molecule has 0 spiro atoms. The highest BCUT2D eigenvalue weighted by molar-refractivity contribution is 5.94. The van der Waals surface area contributed by atoms with E-state index in [4.69, 9.17) is 0 Å². The molecule has 0 amide bonds. The minimum absolute atomic E-state index is 0.0899. The summed E-state index contributed by atoms with van der Waals surface area (Å²) >= 11 is 0. The van der Waals surface area contributed by atoms with Crippen LogP contribution in [0.25, 0.3) is 0 Å². The summed E-state index contributed by atoms with van der Waals surface area (Å²) in [7, 11) is 0. The van der Waals surface area contributed by atoms with Crippen LogP contribution in [0.3, 0.4) is 0 Å². The molecule has 2 aromatic carbocycles. The molecule has 0 unspecified atom stereocenters. The summed E-state index contributed by atoms with van der Waals surface area (Å²) in [5, 5.41) is 0. The lowest BCUT2D eigenvalue weighted by Crippen LogP contribution is -2.06. The molecule has 0 fully saturated rings. The number of rotatable bonds is 5. The molecule has 0 aliphatic carbocycles. The maximum atomic E-state index is 11.3. The summed E-state index contributed by atoms with van der Waals surface area (Å²) in [4.78, 5) is 22.7. The summed E-state index contributed by atoms with van der Waals surface area (Å²) in [6.07, 6.45) is 0. The van der Waals surface area contributed by atoms with Crippen molar-refractivity contribution in [2.24, 2.45) is 0 Å². The third-order valence-corrected chi connectivity index (χ3v) is 4.44. The van der Waals surface area contributed by atoms with E-state index >= 15 is 0 Å². The molecule has 0 radical (unpaired) electrons. The van der Waals surface area contributed by atoms with Crippen LogP contribution in [0, 0.1) is 0 Å². The fraction of sp³-hybridized carbons (Fsp3) is 0.300. The van der Waals surface area contributed by atoms with Gasteiger partial charge in [-0.15, -0.1) is 0 Å². The molecule has 0 aliphatic heterocycles. The van der Waals surface area contributed by atoms with Gasteiger partial charge in [0.1, 0.15) is 0 Å². The first-order valence-corrected chi connectivity index (χ1v) is 7.62. The van der Waals surface area contributed by atoms with Crippen molar-refractivity contribution in [2.75, 3.05) is 0 Å². The number of hydrogen-bond acceptors (Lipinski definition) is 2. The van der Waals surface area contributed by atoms with Crippen molar-refractivity contribution in [1.29, 1.82) is 0 Å². The third kappa shape index (κ3) is 3.51. The number of carbonyl (C=O) groups is 2. The van der Waals surface area contributed by atoms with Crippen molar-refractivity contribution >= 4 is 11.6 Å². The second-order valence-corrected chi connectivity index (χ2v) is 5.93. The molecule has 2 rings (SSSR count). The summed E-state index contributed by atoms with van der Waals surface area (Å²) in [6.45, 7) is 7.54. The van der Waals surface area contributed by atoms with Gasteiger partial charge in [-0.05, 0) is 36.8 Å². The van der Waals surface area contributed by atoms with Crippen molar-refractivity contribution in [3.05, 3.63) is 70.8 Å². The molecule has 0 aromatic heterocycles. The van der Waals surface area contributed by atoms with E-state index in [1.54, 1.807) is 13.8 Å². The van der Waals surface area contributed by atoms with E-state index in [0.29, 0.717) is 11.8 Å². The van der Waals surface area contributed by atoms with Crippen LogP contribution in [0.2, 0.25) is 0 Å². The SMILES string of the molecule is CC(=O)c1ccc([C@@H](C)[C@@H](C)c2ccc(C(C)=O)cc2)cc1. The van der Waals surface area contributed by atoms with Gasteiger partial charge in [0.15, 0.2) is 11.6 Å². The largest absolute Gasteiger partial charge is 0.295 e. The molecule has 2 aromatic rings. The van der Waals surface area contributed by atoms with Crippen molar-refractivity contribution < 1.29 is 9.59 Å². The van der Waals surface area contributed by atoms with E-state index < -0.39 is 0 Å². The number of ketones is 2. The smallest absolute Gasteiger partial charge is 0.159 e. The molecule has 0 saturated heterocycles. The Kier molecular flexibility index (Phi) is 4.92. The second kappa shape index (κ2) is 6.69. The minimum atomic E-state index is 0.0899. The van der Waals surface area contributed by atoms with Gasteiger partial charge < -0.3 is 0 Å². The van der Waals surface area contributed by atoms with Gasteiger partial charge in [0.25, 0.3) is 0 Å². The second-order valence-electron chi connectivity index (χ2n) is 5.93. The fourth-order valence-electron chi connectivity index (χ4n) is 2.62. The van der Waals surface area contributed by atoms with Crippen molar-refractivity contribution in [3.8, 4) is 0 Å². The fourth-order valence-corrected chi connectivity index (χ4v) is 2.62. The van der Waals surface area contributed by atoms with Crippen LogP contribution in [0.4, 0.5) is 0 Å². The third-order valence-electron chi connectivity index (χ3n) is 4.44. The Morgan fingerprint density at radius 3 is 1.14 bits per heavy atom. The molecule has 2 nitrogen and oxygen atoms in total. The molecule has 22 heavy (non-hydrogen) atoms. The van der Waals surface area contributed by atoms with E-state index in [0.717, 1.165) is 11.1 Å². The van der Waals surface area contributed by atoms with Gasteiger partial charge >= 0.3 is 0 Å². The van der Waals surface area contributed by atoms with Crippen LogP contribution in [0.5, 0.6) is 0 Å². The molecular weight excluding hydrogens is 272 g/mol. The summed E-state index contributed by atoms with van der Waals surface area (Å²) < 4.78 is 0. The highest BCUT2D eigenvalue weighted by atomic mass is 16.1. The first-order valence-electron chi connectivity index (χ1n) is 7.62. The maximum absolute atomic E-state index is 11.3. The van der Waals surface area contributed by atoms with Gasteiger partial charge in [-0.2, -0.15) is 0 Å². The average Bonchev–Trinajstić information content (AvgIpc) is 2.53. The van der Waals surface area contributed by atoms with Gasteiger partial charge in [-0.25, -0.2) is 0 Å². The average molecular weight is 294 g/mol. The van der Waals surface area contributed by atoms with Crippen molar-refractivity contribution in [2.45, 2.75) is 39.5 Å². The van der Waals surface area contributed by atoms with Crippen LogP contribution in [0.15, 0.2) is 48.5 Å². The Morgan fingerprint density at radius 1 is 0.636 bits per heavy atom. The predicted molar refractivity (Wildman–Crippen MR) is 89.7 cm³/mol. The van der Waals surface area contributed by atoms with Crippen LogP contribution >= 0.6 is 0 Å². The lowest BCUT2D eigenvalue weighted by Gasteiger charge is -2.21. The van der Waals surface area contributed by atoms with Crippen molar-refractivity contribution in [1.82, 2.24) is 0 Å². The zero-order valence-electron chi connectivity index (χ0n) is 13.6. The molecule has 2 atom stereocenters. The molecule has 2 heteroatoms. The van der Waals surface area contributed by atoms with Crippen LogP contribution in [0.1, 0.15) is 71.4 Å². The number of benzene rings is 2. The van der Waals surface area contributed by atoms with Gasteiger partial charge in [0.05, 0.1) is 0 Å². The Bertz CT molecular complexity index is 604. The van der Waals surface area contributed by atoms with Gasteiger partial charge in [0, 0.05) is 11.1 Å². The molecule has 0 bridgehead atoms. The summed E-state index contributed by atoms with van der Waals surface area (Å²) in [5.41, 5.74) is 3.92. The molecular formula is C20H22O2. The molecule has 0 saturated carbocycles. The predicted octanol–water partition coefficient (Wildman–Crippen LogP) is 5.00. The standard InChI is InChI=1S/C20H22O2/c1-13(17-5-9-19(10-6-17)15(3)21)14(2)18-7-11-20(12-8-18)16(4)22/h5-14H,1-4H3/t13-,14+. The first kappa shape index (κ1) is 16.2. The zero-order chi connectivity index (χ0) is 16.3. The Hall–Kier alpha value is -2.22. The Balaban J connectivity index is 2.18. The Labute approximate surface area is 132 Å². The molecule has 0 aliphatic rings. The Morgan fingerprint density at radius 2 is 0.909 bits per heavy atom. The van der Waals surface area contributed by atoms with Gasteiger partial charge in [-0.1, -0.05) is 62.4 Å². The van der Waals surface area contributed by atoms with E-state index in [1.165, 1.54) is 11.1 Å². The quantitative estimate of drug-likeness (QED) is 0.727. The maximum Gasteiger partial charge on any atom is 0.159 e. The first-order chi connectivity index (χ1) is 10.4.